The molecule has 2 amide bonds. The molecule has 2 fully saturated rings. The van der Waals surface area contributed by atoms with Crippen LogP contribution < -0.4 is 5.73 Å². The summed E-state index contributed by atoms with van der Waals surface area (Å²) in [6.07, 6.45) is 1.81. The van der Waals surface area contributed by atoms with Crippen LogP contribution in [0.1, 0.15) is 30.9 Å². The van der Waals surface area contributed by atoms with Crippen LogP contribution in [-0.4, -0.2) is 47.3 Å². The fourth-order valence-corrected chi connectivity index (χ4v) is 3.23. The van der Waals surface area contributed by atoms with Gasteiger partial charge in [-0.3, -0.25) is 9.59 Å². The minimum Gasteiger partial charge on any atom is -0.339 e. The van der Waals surface area contributed by atoms with E-state index in [0.29, 0.717) is 32.5 Å². The minimum atomic E-state index is -0.262. The summed E-state index contributed by atoms with van der Waals surface area (Å²) in [5.74, 6) is 0.318. The summed E-state index contributed by atoms with van der Waals surface area (Å²) in [6.45, 7) is 1.95. The Bertz CT molecular complexity index is 532. The Balaban J connectivity index is 1.58. The number of amides is 2. The smallest absolute Gasteiger partial charge is 0.224 e. The number of nitrogens with zero attached hydrogens (tertiary/aromatic N) is 2. The standard InChI is InChI=1S/C16H21N3O2/c17-14(12-4-2-1-3-5-12)10-16(21)18-8-9-19-13(11-18)6-7-15(19)20/h1-5,13-14H,6-11,17H2. The topological polar surface area (TPSA) is 66.6 Å². The number of carbonyl (C=O) groups is 2. The molecule has 112 valence electrons. The molecule has 2 atom stereocenters. The summed E-state index contributed by atoms with van der Waals surface area (Å²) >= 11 is 0. The first-order valence-corrected chi connectivity index (χ1v) is 7.53. The Morgan fingerprint density at radius 2 is 2.05 bits per heavy atom. The molecule has 2 aliphatic rings. The highest BCUT2D eigenvalue weighted by Crippen LogP contribution is 2.24. The van der Waals surface area contributed by atoms with Crippen LogP contribution in [0.2, 0.25) is 0 Å². The van der Waals surface area contributed by atoms with E-state index in [4.69, 9.17) is 5.73 Å². The molecule has 5 nitrogen and oxygen atoms in total. The van der Waals surface area contributed by atoms with E-state index in [9.17, 15) is 9.59 Å². The molecular weight excluding hydrogens is 266 g/mol. The van der Waals surface area contributed by atoms with Gasteiger partial charge in [-0.15, -0.1) is 0 Å². The molecule has 1 aromatic carbocycles. The van der Waals surface area contributed by atoms with Gasteiger partial charge in [-0.25, -0.2) is 0 Å². The molecule has 3 rings (SSSR count). The maximum atomic E-state index is 12.4. The molecule has 0 spiro atoms. The van der Waals surface area contributed by atoms with Crippen molar-refractivity contribution < 1.29 is 9.59 Å². The van der Waals surface area contributed by atoms with Crippen molar-refractivity contribution in [1.29, 1.82) is 0 Å². The maximum Gasteiger partial charge on any atom is 0.224 e. The lowest BCUT2D eigenvalue weighted by Gasteiger charge is -2.38. The Morgan fingerprint density at radius 3 is 2.81 bits per heavy atom. The minimum absolute atomic E-state index is 0.0883. The van der Waals surface area contributed by atoms with E-state index in [1.165, 1.54) is 0 Å². The first kappa shape index (κ1) is 14.1. The number of nitrogens with two attached hydrogens (primary N) is 1. The first-order valence-electron chi connectivity index (χ1n) is 7.53. The van der Waals surface area contributed by atoms with Gasteiger partial charge in [0.05, 0.1) is 0 Å². The zero-order chi connectivity index (χ0) is 14.8. The molecular formula is C16H21N3O2. The Morgan fingerprint density at radius 1 is 1.29 bits per heavy atom. The van der Waals surface area contributed by atoms with Crippen LogP contribution in [0.25, 0.3) is 0 Å². The SMILES string of the molecule is NC(CC(=O)N1CCN2C(=O)CCC2C1)c1ccccc1. The monoisotopic (exact) mass is 287 g/mol. The van der Waals surface area contributed by atoms with Gasteiger partial charge >= 0.3 is 0 Å². The second-order valence-corrected chi connectivity index (χ2v) is 5.84. The molecule has 2 N–H and O–H groups in total. The Kier molecular flexibility index (Phi) is 3.92. The van der Waals surface area contributed by atoms with Crippen molar-refractivity contribution in [2.45, 2.75) is 31.3 Å². The van der Waals surface area contributed by atoms with Crippen LogP contribution in [-0.2, 0) is 9.59 Å². The predicted octanol–water partition coefficient (Wildman–Crippen LogP) is 0.910. The lowest BCUT2D eigenvalue weighted by atomic mass is 10.0. The van der Waals surface area contributed by atoms with Crippen LogP contribution in [0.4, 0.5) is 0 Å². The molecule has 0 bridgehead atoms. The van der Waals surface area contributed by atoms with Crippen molar-refractivity contribution in [2.24, 2.45) is 5.73 Å². The number of carbonyl (C=O) groups excluding carboxylic acids is 2. The van der Waals surface area contributed by atoms with Gasteiger partial charge in [-0.1, -0.05) is 30.3 Å². The van der Waals surface area contributed by atoms with Crippen molar-refractivity contribution in [3.05, 3.63) is 35.9 Å². The van der Waals surface area contributed by atoms with Gasteiger partial charge in [-0.2, -0.15) is 0 Å². The molecule has 2 heterocycles. The molecule has 2 aliphatic heterocycles. The normalized spacial score (nSPS) is 23.1. The maximum absolute atomic E-state index is 12.4. The molecule has 0 aliphatic carbocycles. The molecule has 2 saturated heterocycles. The zero-order valence-electron chi connectivity index (χ0n) is 12.1. The van der Waals surface area contributed by atoms with Gasteiger partial charge in [0.15, 0.2) is 0 Å². The quantitative estimate of drug-likeness (QED) is 0.898. The first-order chi connectivity index (χ1) is 10.1. The number of hydrogen-bond acceptors (Lipinski definition) is 3. The van der Waals surface area contributed by atoms with Gasteiger partial charge in [0.1, 0.15) is 0 Å². The second kappa shape index (κ2) is 5.85. The molecule has 21 heavy (non-hydrogen) atoms. The summed E-state index contributed by atoms with van der Waals surface area (Å²) in [6, 6.07) is 9.65. The molecule has 0 aromatic heterocycles. The van der Waals surface area contributed by atoms with E-state index >= 15 is 0 Å². The summed E-state index contributed by atoms with van der Waals surface area (Å²) in [5.41, 5.74) is 7.11. The Hall–Kier alpha value is -1.88. The summed E-state index contributed by atoms with van der Waals surface area (Å²) in [7, 11) is 0. The van der Waals surface area contributed by atoms with Crippen molar-refractivity contribution in [1.82, 2.24) is 9.80 Å². The van der Waals surface area contributed by atoms with Crippen LogP contribution in [0.5, 0.6) is 0 Å². The molecule has 5 heteroatoms. The van der Waals surface area contributed by atoms with E-state index in [-0.39, 0.29) is 23.9 Å². The van der Waals surface area contributed by atoms with Gasteiger partial charge in [0.25, 0.3) is 0 Å². The molecule has 0 radical (unpaired) electrons. The lowest BCUT2D eigenvalue weighted by molar-refractivity contribution is -0.139. The Labute approximate surface area is 124 Å². The van der Waals surface area contributed by atoms with Crippen LogP contribution in [0.15, 0.2) is 30.3 Å². The van der Waals surface area contributed by atoms with E-state index in [2.05, 4.69) is 0 Å². The predicted molar refractivity (Wildman–Crippen MR) is 79.3 cm³/mol. The van der Waals surface area contributed by atoms with E-state index < -0.39 is 0 Å². The number of hydrogen-bond donors (Lipinski definition) is 1. The third-order valence-electron chi connectivity index (χ3n) is 4.47. The van der Waals surface area contributed by atoms with Crippen LogP contribution >= 0.6 is 0 Å². The fourth-order valence-electron chi connectivity index (χ4n) is 3.23. The van der Waals surface area contributed by atoms with Gasteiger partial charge in [-0.05, 0) is 12.0 Å². The number of benzene rings is 1. The third-order valence-corrected chi connectivity index (χ3v) is 4.47. The zero-order valence-corrected chi connectivity index (χ0v) is 12.1. The van der Waals surface area contributed by atoms with Crippen molar-refractivity contribution in [3.8, 4) is 0 Å². The second-order valence-electron chi connectivity index (χ2n) is 5.84. The van der Waals surface area contributed by atoms with E-state index in [1.54, 1.807) is 0 Å². The number of rotatable bonds is 3. The van der Waals surface area contributed by atoms with Gasteiger partial charge in [0.2, 0.25) is 11.8 Å². The summed E-state index contributed by atoms with van der Waals surface area (Å²) in [5, 5.41) is 0. The summed E-state index contributed by atoms with van der Waals surface area (Å²) < 4.78 is 0. The van der Waals surface area contributed by atoms with Gasteiger partial charge < -0.3 is 15.5 Å². The van der Waals surface area contributed by atoms with Crippen LogP contribution in [0.3, 0.4) is 0 Å². The third kappa shape index (κ3) is 2.93. The highest BCUT2D eigenvalue weighted by atomic mass is 16.2. The highest BCUT2D eigenvalue weighted by molar-refractivity contribution is 5.80. The van der Waals surface area contributed by atoms with E-state index in [1.807, 2.05) is 40.1 Å². The number of fused-ring (bicyclic) bond motifs is 1. The van der Waals surface area contributed by atoms with Crippen molar-refractivity contribution in [3.63, 3.8) is 0 Å². The van der Waals surface area contributed by atoms with Crippen molar-refractivity contribution in [2.75, 3.05) is 19.6 Å². The van der Waals surface area contributed by atoms with Crippen LogP contribution in [0, 0.1) is 0 Å². The van der Waals surface area contributed by atoms with Gasteiger partial charge in [0, 0.05) is 44.6 Å². The lowest BCUT2D eigenvalue weighted by Crippen LogP contribution is -2.53. The largest absolute Gasteiger partial charge is 0.339 e. The average molecular weight is 287 g/mol. The summed E-state index contributed by atoms with van der Waals surface area (Å²) in [4.78, 5) is 27.8. The molecule has 0 saturated carbocycles. The van der Waals surface area contributed by atoms with E-state index in [0.717, 1.165) is 12.0 Å². The highest BCUT2D eigenvalue weighted by Gasteiger charge is 2.36. The molecule has 2 unspecified atom stereocenters. The molecule has 1 aromatic rings. The number of piperazine rings is 1. The fraction of sp³-hybridized carbons (Fsp3) is 0.500. The van der Waals surface area contributed by atoms with Crippen molar-refractivity contribution >= 4 is 11.8 Å². The average Bonchev–Trinajstić information content (AvgIpc) is 2.89.